The average Bonchev–Trinajstić information content (AvgIpc) is 3.08. The van der Waals surface area contributed by atoms with Gasteiger partial charge in [0.25, 0.3) is 0 Å². The molecule has 1 aliphatic carbocycles. The molecular formula is C21H28N2O2. The highest BCUT2D eigenvalue weighted by Gasteiger charge is 2.27. The van der Waals surface area contributed by atoms with E-state index in [1.54, 1.807) is 17.0 Å². The first-order valence-electron chi connectivity index (χ1n) is 9.29. The van der Waals surface area contributed by atoms with E-state index in [1.807, 2.05) is 0 Å². The number of nitrogens with zero attached hydrogens (tertiary/aromatic N) is 2. The zero-order valence-electron chi connectivity index (χ0n) is 15.7. The largest absolute Gasteiger partial charge is 0.445 e. The van der Waals surface area contributed by atoms with Crippen molar-refractivity contribution in [3.63, 3.8) is 0 Å². The molecule has 0 aliphatic heterocycles. The second kappa shape index (κ2) is 7.42. The van der Waals surface area contributed by atoms with Crippen molar-refractivity contribution in [1.29, 1.82) is 0 Å². The third kappa shape index (κ3) is 3.63. The first kappa shape index (κ1) is 17.7. The predicted octanol–water partition coefficient (Wildman–Crippen LogP) is 5.22. The zero-order valence-corrected chi connectivity index (χ0v) is 15.7. The number of aromatic nitrogens is 2. The Balaban J connectivity index is 1.82. The van der Waals surface area contributed by atoms with Crippen LogP contribution in [0.25, 0.3) is 0 Å². The first-order chi connectivity index (χ1) is 12.0. The van der Waals surface area contributed by atoms with Crippen LogP contribution in [-0.4, -0.2) is 21.7 Å². The summed E-state index contributed by atoms with van der Waals surface area (Å²) >= 11 is 0. The van der Waals surface area contributed by atoms with Gasteiger partial charge in [0.1, 0.15) is 11.9 Å². The number of benzene rings is 1. The normalized spacial score (nSPS) is 21.8. The molecule has 4 nitrogen and oxygen atoms in total. The van der Waals surface area contributed by atoms with Gasteiger partial charge >= 0.3 is 6.09 Å². The standard InChI is InChI=1S/C21H28N2O2/c1-14-9-7-10-18(16(14)3)17(4)20-22-12-13-23(20)21(24)25-19-11-6-5-8-15(19)2/h7,9-10,12-13,15,17,19H,5-6,8,11H2,1-4H3/t15?,17-,19?/m0/s1. The summed E-state index contributed by atoms with van der Waals surface area (Å²) in [6, 6.07) is 6.28. The van der Waals surface area contributed by atoms with E-state index >= 15 is 0 Å². The van der Waals surface area contributed by atoms with Crippen LogP contribution in [0.3, 0.4) is 0 Å². The fraction of sp³-hybridized carbons (Fsp3) is 0.524. The molecule has 2 unspecified atom stereocenters. The number of carbonyl (C=O) groups is 1. The van der Waals surface area contributed by atoms with Gasteiger partial charge < -0.3 is 4.74 Å². The van der Waals surface area contributed by atoms with E-state index in [0.29, 0.717) is 5.92 Å². The maximum atomic E-state index is 12.7. The molecule has 0 radical (unpaired) electrons. The van der Waals surface area contributed by atoms with Gasteiger partial charge in [0.2, 0.25) is 0 Å². The van der Waals surface area contributed by atoms with Crippen molar-refractivity contribution < 1.29 is 9.53 Å². The number of rotatable bonds is 3. The van der Waals surface area contributed by atoms with E-state index in [2.05, 4.69) is 50.9 Å². The zero-order chi connectivity index (χ0) is 18.0. The van der Waals surface area contributed by atoms with Crippen LogP contribution in [0, 0.1) is 19.8 Å². The van der Waals surface area contributed by atoms with Crippen LogP contribution in [0.5, 0.6) is 0 Å². The third-order valence-electron chi connectivity index (χ3n) is 5.65. The number of hydrogen-bond acceptors (Lipinski definition) is 3. The van der Waals surface area contributed by atoms with Gasteiger partial charge in [-0.3, -0.25) is 0 Å². The Bertz CT molecular complexity index is 750. The number of ether oxygens (including phenoxy) is 1. The van der Waals surface area contributed by atoms with Crippen molar-refractivity contribution in [2.24, 2.45) is 5.92 Å². The maximum absolute atomic E-state index is 12.7. The summed E-state index contributed by atoms with van der Waals surface area (Å²) in [4.78, 5) is 17.2. The van der Waals surface area contributed by atoms with Gasteiger partial charge in [-0.25, -0.2) is 14.3 Å². The third-order valence-corrected chi connectivity index (χ3v) is 5.65. The highest BCUT2D eigenvalue weighted by molar-refractivity contribution is 5.71. The molecule has 1 saturated carbocycles. The van der Waals surface area contributed by atoms with Crippen LogP contribution >= 0.6 is 0 Å². The van der Waals surface area contributed by atoms with Gasteiger partial charge in [-0.1, -0.05) is 38.5 Å². The number of carbonyl (C=O) groups excluding carboxylic acids is 1. The predicted molar refractivity (Wildman–Crippen MR) is 99.0 cm³/mol. The number of imidazole rings is 1. The van der Waals surface area contributed by atoms with Crippen molar-refractivity contribution in [2.75, 3.05) is 0 Å². The van der Waals surface area contributed by atoms with Gasteiger partial charge in [0, 0.05) is 18.3 Å². The molecule has 0 bridgehead atoms. The van der Waals surface area contributed by atoms with Gasteiger partial charge in [-0.05, 0) is 55.7 Å². The molecule has 2 aromatic rings. The van der Waals surface area contributed by atoms with Crippen molar-refractivity contribution in [3.05, 3.63) is 53.1 Å². The van der Waals surface area contributed by atoms with Gasteiger partial charge in [0.05, 0.1) is 0 Å². The molecule has 3 rings (SSSR count). The molecule has 1 heterocycles. The summed E-state index contributed by atoms with van der Waals surface area (Å²) in [6.45, 7) is 8.50. The van der Waals surface area contributed by atoms with Crippen LogP contribution in [-0.2, 0) is 4.74 Å². The summed E-state index contributed by atoms with van der Waals surface area (Å²) < 4.78 is 7.39. The molecule has 1 aliphatic rings. The Morgan fingerprint density at radius 1 is 1.28 bits per heavy atom. The molecule has 0 amide bonds. The molecule has 0 spiro atoms. The van der Waals surface area contributed by atoms with E-state index in [1.165, 1.54) is 23.1 Å². The topological polar surface area (TPSA) is 44.1 Å². The Kier molecular flexibility index (Phi) is 5.26. The van der Waals surface area contributed by atoms with Crippen LogP contribution in [0.1, 0.15) is 68.0 Å². The molecule has 4 heteroatoms. The fourth-order valence-electron chi connectivity index (χ4n) is 3.82. The lowest BCUT2D eigenvalue weighted by Crippen LogP contribution is -2.30. The van der Waals surface area contributed by atoms with E-state index in [-0.39, 0.29) is 18.1 Å². The van der Waals surface area contributed by atoms with E-state index in [0.717, 1.165) is 25.1 Å². The minimum Gasteiger partial charge on any atom is -0.445 e. The fourth-order valence-corrected chi connectivity index (χ4v) is 3.82. The Labute approximate surface area is 150 Å². The lowest BCUT2D eigenvalue weighted by Gasteiger charge is -2.28. The number of aryl methyl sites for hydroxylation is 1. The Hall–Kier alpha value is -2.10. The second-order valence-electron chi connectivity index (χ2n) is 7.35. The number of hydrogen-bond donors (Lipinski definition) is 0. The smallest absolute Gasteiger partial charge is 0.419 e. The monoisotopic (exact) mass is 340 g/mol. The molecule has 1 aromatic carbocycles. The van der Waals surface area contributed by atoms with Crippen molar-refractivity contribution in [1.82, 2.24) is 9.55 Å². The molecule has 25 heavy (non-hydrogen) atoms. The first-order valence-corrected chi connectivity index (χ1v) is 9.29. The lowest BCUT2D eigenvalue weighted by molar-refractivity contribution is 0.0438. The average molecular weight is 340 g/mol. The van der Waals surface area contributed by atoms with Crippen molar-refractivity contribution >= 4 is 6.09 Å². The lowest BCUT2D eigenvalue weighted by atomic mass is 9.88. The second-order valence-corrected chi connectivity index (χ2v) is 7.35. The minimum atomic E-state index is -0.302. The Morgan fingerprint density at radius 3 is 2.80 bits per heavy atom. The van der Waals surface area contributed by atoms with Crippen LogP contribution in [0.2, 0.25) is 0 Å². The molecule has 1 aromatic heterocycles. The van der Waals surface area contributed by atoms with Crippen molar-refractivity contribution in [3.8, 4) is 0 Å². The van der Waals surface area contributed by atoms with Crippen molar-refractivity contribution in [2.45, 2.75) is 65.4 Å². The highest BCUT2D eigenvalue weighted by Crippen LogP contribution is 2.29. The molecule has 134 valence electrons. The van der Waals surface area contributed by atoms with E-state index < -0.39 is 0 Å². The van der Waals surface area contributed by atoms with Crippen LogP contribution in [0.4, 0.5) is 4.79 Å². The van der Waals surface area contributed by atoms with Crippen LogP contribution in [0.15, 0.2) is 30.6 Å². The quantitative estimate of drug-likeness (QED) is 0.770. The summed E-state index contributed by atoms with van der Waals surface area (Å²) in [5.41, 5.74) is 3.70. The van der Waals surface area contributed by atoms with Gasteiger partial charge in [-0.2, -0.15) is 0 Å². The van der Waals surface area contributed by atoms with Gasteiger partial charge in [-0.15, -0.1) is 0 Å². The maximum Gasteiger partial charge on any atom is 0.419 e. The highest BCUT2D eigenvalue weighted by atomic mass is 16.6. The Morgan fingerprint density at radius 2 is 2.04 bits per heavy atom. The SMILES string of the molecule is Cc1cccc([C@H](C)c2nccn2C(=O)OC2CCCCC2C)c1C. The summed E-state index contributed by atoms with van der Waals surface area (Å²) in [5.74, 6) is 1.20. The van der Waals surface area contributed by atoms with Crippen LogP contribution < -0.4 is 0 Å². The molecule has 3 atom stereocenters. The summed E-state index contributed by atoms with van der Waals surface area (Å²) in [5, 5.41) is 0. The minimum absolute atomic E-state index is 0.0208. The van der Waals surface area contributed by atoms with Gasteiger partial charge in [0.15, 0.2) is 0 Å². The van der Waals surface area contributed by atoms with E-state index in [9.17, 15) is 4.79 Å². The molecule has 0 N–H and O–H groups in total. The molecule has 0 saturated heterocycles. The summed E-state index contributed by atoms with van der Waals surface area (Å²) in [6.07, 6.45) is 7.58. The summed E-state index contributed by atoms with van der Waals surface area (Å²) in [7, 11) is 0. The van der Waals surface area contributed by atoms with E-state index in [4.69, 9.17) is 4.74 Å². The molecule has 1 fully saturated rings. The molecular weight excluding hydrogens is 312 g/mol.